The van der Waals surface area contributed by atoms with Gasteiger partial charge in [0.1, 0.15) is 19.0 Å². The Bertz CT molecular complexity index is 408. The quantitative estimate of drug-likeness (QED) is 0.709. The van der Waals surface area contributed by atoms with Gasteiger partial charge in [0.25, 0.3) is 0 Å². The van der Waals surface area contributed by atoms with Crippen LogP contribution in [0.4, 0.5) is 13.2 Å². The maximum absolute atomic E-state index is 11.9. The van der Waals surface area contributed by atoms with Gasteiger partial charge in [0.15, 0.2) is 0 Å². The first-order valence-corrected chi connectivity index (χ1v) is 6.94. The van der Waals surface area contributed by atoms with Crippen LogP contribution in [0, 0.1) is 5.92 Å². The largest absolute Gasteiger partial charge is 0.491 e. The van der Waals surface area contributed by atoms with Gasteiger partial charge in [0.2, 0.25) is 0 Å². The molecular weight excluding hydrogens is 283 g/mol. The van der Waals surface area contributed by atoms with E-state index in [2.05, 4.69) is 23.9 Å². The number of hydrogen-bond donors (Lipinski definition) is 1. The number of rotatable bonds is 9. The maximum Gasteiger partial charge on any atom is 0.411 e. The third-order valence-corrected chi connectivity index (χ3v) is 2.54. The summed E-state index contributed by atoms with van der Waals surface area (Å²) in [4.78, 5) is 0. The minimum atomic E-state index is -4.29. The molecule has 0 atom stereocenters. The molecule has 1 aromatic rings. The second-order valence-electron chi connectivity index (χ2n) is 5.19. The first-order valence-electron chi connectivity index (χ1n) is 6.94. The van der Waals surface area contributed by atoms with Gasteiger partial charge in [-0.15, -0.1) is 0 Å². The normalized spacial score (nSPS) is 11.9. The predicted octanol–water partition coefficient (Wildman–Crippen LogP) is 3.39. The molecule has 0 aromatic heterocycles. The van der Waals surface area contributed by atoms with Crippen molar-refractivity contribution in [3.63, 3.8) is 0 Å². The summed E-state index contributed by atoms with van der Waals surface area (Å²) < 4.78 is 45.4. The van der Waals surface area contributed by atoms with E-state index in [-0.39, 0.29) is 13.2 Å². The summed E-state index contributed by atoms with van der Waals surface area (Å²) in [6, 6.07) is 7.48. The SMILES string of the molecule is CC(C)CNCc1cccc(OCCOCC(F)(F)F)c1. The number of hydrogen-bond acceptors (Lipinski definition) is 3. The van der Waals surface area contributed by atoms with E-state index >= 15 is 0 Å². The van der Waals surface area contributed by atoms with Gasteiger partial charge in [-0.05, 0) is 30.2 Å². The van der Waals surface area contributed by atoms with Crippen LogP contribution in [-0.4, -0.2) is 32.5 Å². The molecule has 0 amide bonds. The molecule has 120 valence electrons. The highest BCUT2D eigenvalue weighted by molar-refractivity contribution is 5.28. The van der Waals surface area contributed by atoms with Crippen LogP contribution in [0.1, 0.15) is 19.4 Å². The monoisotopic (exact) mass is 305 g/mol. The van der Waals surface area contributed by atoms with Gasteiger partial charge in [-0.25, -0.2) is 0 Å². The molecule has 0 saturated carbocycles. The lowest BCUT2D eigenvalue weighted by atomic mass is 10.2. The number of ether oxygens (including phenoxy) is 2. The first-order chi connectivity index (χ1) is 9.87. The van der Waals surface area contributed by atoms with Crippen LogP contribution >= 0.6 is 0 Å². The van der Waals surface area contributed by atoms with Crippen molar-refractivity contribution in [2.24, 2.45) is 5.92 Å². The Morgan fingerprint density at radius 1 is 1.19 bits per heavy atom. The van der Waals surface area contributed by atoms with E-state index in [0.29, 0.717) is 11.7 Å². The molecule has 1 N–H and O–H groups in total. The summed E-state index contributed by atoms with van der Waals surface area (Å²) in [5.74, 6) is 1.21. The molecular formula is C15H22F3NO2. The predicted molar refractivity (Wildman–Crippen MR) is 75.4 cm³/mol. The van der Waals surface area contributed by atoms with Gasteiger partial charge >= 0.3 is 6.18 Å². The molecule has 6 heteroatoms. The number of benzene rings is 1. The van der Waals surface area contributed by atoms with Crippen LogP contribution in [0.25, 0.3) is 0 Å². The molecule has 1 aromatic carbocycles. The van der Waals surface area contributed by atoms with Crippen LogP contribution in [0.2, 0.25) is 0 Å². The van der Waals surface area contributed by atoms with Gasteiger partial charge in [-0.3, -0.25) is 0 Å². The highest BCUT2D eigenvalue weighted by Gasteiger charge is 2.27. The van der Waals surface area contributed by atoms with Crippen molar-refractivity contribution in [1.29, 1.82) is 0 Å². The molecule has 0 aliphatic rings. The Kier molecular flexibility index (Phi) is 7.53. The summed E-state index contributed by atoms with van der Waals surface area (Å²) in [6.45, 7) is 4.70. The lowest BCUT2D eigenvalue weighted by Crippen LogP contribution is -2.19. The second kappa shape index (κ2) is 8.89. The average molecular weight is 305 g/mol. The third kappa shape index (κ3) is 9.31. The summed E-state index contributed by atoms with van der Waals surface area (Å²) in [7, 11) is 0. The maximum atomic E-state index is 11.9. The van der Waals surface area contributed by atoms with Crippen molar-refractivity contribution in [2.45, 2.75) is 26.6 Å². The Morgan fingerprint density at radius 3 is 2.62 bits per heavy atom. The van der Waals surface area contributed by atoms with Crippen LogP contribution in [0.3, 0.4) is 0 Å². The van der Waals surface area contributed by atoms with Gasteiger partial charge in [0.05, 0.1) is 6.61 Å². The Hall–Kier alpha value is -1.27. The zero-order chi connectivity index (χ0) is 15.7. The Labute approximate surface area is 123 Å². The van der Waals surface area contributed by atoms with Gasteiger partial charge < -0.3 is 14.8 Å². The smallest absolute Gasteiger partial charge is 0.411 e. The minimum absolute atomic E-state index is 0.0880. The zero-order valence-corrected chi connectivity index (χ0v) is 12.4. The molecule has 0 fully saturated rings. The van der Waals surface area contributed by atoms with E-state index in [0.717, 1.165) is 18.7 Å². The van der Waals surface area contributed by atoms with Crippen LogP contribution in [-0.2, 0) is 11.3 Å². The van der Waals surface area contributed by atoms with Crippen molar-refractivity contribution < 1.29 is 22.6 Å². The molecule has 0 aliphatic heterocycles. The van der Waals surface area contributed by atoms with Crippen molar-refractivity contribution in [2.75, 3.05) is 26.4 Å². The van der Waals surface area contributed by atoms with E-state index < -0.39 is 12.8 Å². The Balaban J connectivity index is 2.26. The van der Waals surface area contributed by atoms with E-state index in [1.54, 1.807) is 6.07 Å². The molecule has 0 unspecified atom stereocenters. The van der Waals surface area contributed by atoms with Crippen LogP contribution < -0.4 is 10.1 Å². The summed E-state index contributed by atoms with van der Waals surface area (Å²) in [6.07, 6.45) is -4.29. The summed E-state index contributed by atoms with van der Waals surface area (Å²) in [5, 5.41) is 3.32. The van der Waals surface area contributed by atoms with Gasteiger partial charge in [0, 0.05) is 6.54 Å². The topological polar surface area (TPSA) is 30.5 Å². The lowest BCUT2D eigenvalue weighted by molar-refractivity contribution is -0.175. The summed E-state index contributed by atoms with van der Waals surface area (Å²) in [5.41, 5.74) is 1.07. The molecule has 1 rings (SSSR count). The van der Waals surface area contributed by atoms with Gasteiger partial charge in [-0.1, -0.05) is 26.0 Å². The molecule has 0 heterocycles. The molecule has 0 saturated heterocycles. The molecule has 0 aliphatic carbocycles. The van der Waals surface area contributed by atoms with Crippen molar-refractivity contribution in [1.82, 2.24) is 5.32 Å². The standard InChI is InChI=1S/C15H22F3NO2/c1-12(2)9-19-10-13-4-3-5-14(8-13)21-7-6-20-11-15(16,17)18/h3-5,8,12,19H,6-7,9-11H2,1-2H3. The highest BCUT2D eigenvalue weighted by Crippen LogP contribution is 2.15. The van der Waals surface area contributed by atoms with E-state index in [1.807, 2.05) is 18.2 Å². The number of halogens is 3. The van der Waals surface area contributed by atoms with E-state index in [9.17, 15) is 13.2 Å². The first kappa shape index (κ1) is 17.8. The van der Waals surface area contributed by atoms with E-state index in [1.165, 1.54) is 0 Å². The molecule has 0 radical (unpaired) electrons. The molecule has 3 nitrogen and oxygen atoms in total. The fraction of sp³-hybridized carbons (Fsp3) is 0.600. The van der Waals surface area contributed by atoms with Crippen molar-refractivity contribution in [3.05, 3.63) is 29.8 Å². The van der Waals surface area contributed by atoms with Gasteiger partial charge in [-0.2, -0.15) is 13.2 Å². The number of alkyl halides is 3. The van der Waals surface area contributed by atoms with E-state index in [4.69, 9.17) is 4.74 Å². The third-order valence-electron chi connectivity index (χ3n) is 2.54. The number of nitrogens with one attached hydrogen (secondary N) is 1. The lowest BCUT2D eigenvalue weighted by Gasteiger charge is -2.11. The molecule has 0 spiro atoms. The summed E-state index contributed by atoms with van der Waals surface area (Å²) >= 11 is 0. The van der Waals surface area contributed by atoms with Crippen molar-refractivity contribution >= 4 is 0 Å². The minimum Gasteiger partial charge on any atom is -0.491 e. The molecule has 21 heavy (non-hydrogen) atoms. The average Bonchev–Trinajstić information content (AvgIpc) is 2.37. The zero-order valence-electron chi connectivity index (χ0n) is 12.4. The van der Waals surface area contributed by atoms with Crippen molar-refractivity contribution in [3.8, 4) is 5.75 Å². The fourth-order valence-corrected chi connectivity index (χ4v) is 1.66. The van der Waals surface area contributed by atoms with Crippen LogP contribution in [0.15, 0.2) is 24.3 Å². The highest BCUT2D eigenvalue weighted by atomic mass is 19.4. The fourth-order valence-electron chi connectivity index (χ4n) is 1.66. The van der Waals surface area contributed by atoms with Crippen LogP contribution in [0.5, 0.6) is 5.75 Å². The Morgan fingerprint density at radius 2 is 1.95 bits per heavy atom. The second-order valence-corrected chi connectivity index (χ2v) is 5.19. The molecule has 0 bridgehead atoms.